The Labute approximate surface area is 308 Å². The second kappa shape index (κ2) is 14.6. The third kappa shape index (κ3) is 6.69. The Bertz CT molecular complexity index is 2090. The maximum absolute atomic E-state index is 14.0. The molecule has 0 unspecified atom stereocenters. The van der Waals surface area contributed by atoms with Crippen molar-refractivity contribution in [1.29, 1.82) is 0 Å². The van der Waals surface area contributed by atoms with Crippen molar-refractivity contribution >= 4 is 18.0 Å². The third-order valence-electron chi connectivity index (χ3n) is 9.99. The van der Waals surface area contributed by atoms with Crippen molar-refractivity contribution < 1.29 is 24.2 Å². The van der Waals surface area contributed by atoms with Gasteiger partial charge in [0.05, 0.1) is 6.33 Å². The Balaban J connectivity index is 1.24. The Hall–Kier alpha value is -6.48. The lowest BCUT2D eigenvalue weighted by Gasteiger charge is -2.39. The monoisotopic (exact) mass is 704 g/mol. The van der Waals surface area contributed by atoms with Gasteiger partial charge in [-0.3, -0.25) is 4.79 Å². The van der Waals surface area contributed by atoms with Gasteiger partial charge in [0.1, 0.15) is 23.7 Å². The fourth-order valence-electron chi connectivity index (χ4n) is 7.38. The summed E-state index contributed by atoms with van der Waals surface area (Å²) in [5.74, 6) is -2.08. The normalized spacial score (nSPS) is 13.0. The predicted molar refractivity (Wildman–Crippen MR) is 202 cm³/mol. The van der Waals surface area contributed by atoms with Crippen molar-refractivity contribution in [1.82, 2.24) is 20.2 Å². The standard InChI is InChI=1S/C44H40N4O5/c1-43(2,41(50)51)47-40(49)39(46-42(52)53-28-38-36-24-14-12-22-34(36)35-23-13-15-25-37(35)38)26-33-27-45-29-48(33)44(30-16-6-3-7-17-30,31-18-8-4-9-19-31)32-20-10-5-11-21-32/h3-25,27,29,38-39H,26,28H2,1-2H3,(H,46,52)(H,47,49)(H,50,51)/t39-/m0/s1. The molecule has 266 valence electrons. The van der Waals surface area contributed by atoms with Crippen LogP contribution in [0.4, 0.5) is 4.79 Å². The molecule has 1 aliphatic rings. The van der Waals surface area contributed by atoms with Crippen LogP contribution in [-0.4, -0.2) is 50.8 Å². The van der Waals surface area contributed by atoms with E-state index in [0.29, 0.717) is 5.69 Å². The zero-order valence-corrected chi connectivity index (χ0v) is 29.5. The summed E-state index contributed by atoms with van der Waals surface area (Å²) in [7, 11) is 0. The van der Waals surface area contributed by atoms with Gasteiger partial charge in [-0.1, -0.05) is 140 Å². The number of nitrogens with zero attached hydrogens (tertiary/aromatic N) is 2. The minimum absolute atomic E-state index is 0.0278. The summed E-state index contributed by atoms with van der Waals surface area (Å²) < 4.78 is 7.88. The van der Waals surface area contributed by atoms with E-state index in [2.05, 4.69) is 64.1 Å². The highest BCUT2D eigenvalue weighted by molar-refractivity contribution is 5.91. The van der Waals surface area contributed by atoms with E-state index in [9.17, 15) is 19.5 Å². The number of rotatable bonds is 12. The van der Waals surface area contributed by atoms with Crippen molar-refractivity contribution in [2.24, 2.45) is 0 Å². The average Bonchev–Trinajstić information content (AvgIpc) is 3.77. The molecule has 0 bridgehead atoms. The van der Waals surface area contributed by atoms with Crippen LogP contribution in [0.25, 0.3) is 11.1 Å². The SMILES string of the molecule is CC(C)(NC(=O)[C@H](Cc1cncn1C(c1ccccc1)(c1ccccc1)c1ccccc1)NC(=O)OCC1c2ccccc2-c2ccccc21)C(=O)O. The molecule has 1 atom stereocenters. The first kappa shape index (κ1) is 34.9. The summed E-state index contributed by atoms with van der Waals surface area (Å²) in [6.07, 6.45) is 2.57. The van der Waals surface area contributed by atoms with Gasteiger partial charge in [-0.2, -0.15) is 0 Å². The van der Waals surface area contributed by atoms with Crippen LogP contribution in [-0.2, 0) is 26.3 Å². The Morgan fingerprint density at radius 2 is 1.21 bits per heavy atom. The van der Waals surface area contributed by atoms with Crippen molar-refractivity contribution in [3.63, 3.8) is 0 Å². The molecular weight excluding hydrogens is 665 g/mol. The van der Waals surface area contributed by atoms with E-state index in [1.165, 1.54) is 13.8 Å². The highest BCUT2D eigenvalue weighted by Gasteiger charge is 2.41. The van der Waals surface area contributed by atoms with E-state index in [0.717, 1.165) is 38.9 Å². The average molecular weight is 705 g/mol. The molecule has 7 rings (SSSR count). The number of carboxylic acids is 1. The van der Waals surface area contributed by atoms with E-state index in [1.807, 2.05) is 95.6 Å². The fourth-order valence-corrected chi connectivity index (χ4v) is 7.38. The van der Waals surface area contributed by atoms with Crippen LogP contribution in [0.5, 0.6) is 0 Å². The van der Waals surface area contributed by atoms with Crippen LogP contribution >= 0.6 is 0 Å². The molecule has 0 fully saturated rings. The molecule has 3 N–H and O–H groups in total. The maximum atomic E-state index is 14.0. The van der Waals surface area contributed by atoms with Crippen LogP contribution < -0.4 is 10.6 Å². The van der Waals surface area contributed by atoms with Crippen molar-refractivity contribution in [3.8, 4) is 11.1 Å². The number of imidazole rings is 1. The number of nitrogens with one attached hydrogen (secondary N) is 2. The molecule has 9 heteroatoms. The molecule has 1 aliphatic carbocycles. The molecule has 0 spiro atoms. The molecule has 0 saturated heterocycles. The van der Waals surface area contributed by atoms with Gasteiger partial charge in [0.2, 0.25) is 5.91 Å². The van der Waals surface area contributed by atoms with E-state index in [-0.39, 0.29) is 18.9 Å². The van der Waals surface area contributed by atoms with Crippen LogP contribution in [0.2, 0.25) is 0 Å². The lowest BCUT2D eigenvalue weighted by Crippen LogP contribution is -2.57. The van der Waals surface area contributed by atoms with Crippen LogP contribution in [0.1, 0.15) is 53.3 Å². The van der Waals surface area contributed by atoms with Gasteiger partial charge >= 0.3 is 12.1 Å². The summed E-state index contributed by atoms with van der Waals surface area (Å²) in [6.45, 7) is 2.84. The van der Waals surface area contributed by atoms with E-state index < -0.39 is 35.1 Å². The summed E-state index contributed by atoms with van der Waals surface area (Å²) in [5, 5.41) is 15.3. The molecule has 0 aliphatic heterocycles. The number of carbonyl (C=O) groups is 3. The molecule has 9 nitrogen and oxygen atoms in total. The van der Waals surface area contributed by atoms with Gasteiger partial charge in [0.15, 0.2) is 0 Å². The Morgan fingerprint density at radius 1 is 0.736 bits per heavy atom. The van der Waals surface area contributed by atoms with Gasteiger partial charge in [-0.05, 0) is 52.8 Å². The lowest BCUT2D eigenvalue weighted by atomic mass is 9.76. The summed E-state index contributed by atoms with van der Waals surface area (Å²) >= 11 is 0. The summed E-state index contributed by atoms with van der Waals surface area (Å²) in [6, 6.07) is 45.0. The number of amides is 2. The Morgan fingerprint density at radius 3 is 1.70 bits per heavy atom. The van der Waals surface area contributed by atoms with Gasteiger partial charge in [-0.15, -0.1) is 0 Å². The van der Waals surface area contributed by atoms with Crippen LogP contribution in [0.3, 0.4) is 0 Å². The molecular formula is C44H40N4O5. The van der Waals surface area contributed by atoms with Crippen molar-refractivity contribution in [2.45, 2.75) is 43.3 Å². The first-order chi connectivity index (χ1) is 25.7. The largest absolute Gasteiger partial charge is 0.480 e. The molecule has 1 aromatic heterocycles. The zero-order valence-electron chi connectivity index (χ0n) is 29.5. The molecule has 0 saturated carbocycles. The number of aromatic nitrogens is 2. The molecule has 5 aromatic carbocycles. The van der Waals surface area contributed by atoms with Crippen molar-refractivity contribution in [3.05, 3.63) is 186 Å². The van der Waals surface area contributed by atoms with Crippen LogP contribution in [0.15, 0.2) is 152 Å². The lowest BCUT2D eigenvalue weighted by molar-refractivity contribution is -0.146. The number of benzene rings is 5. The minimum Gasteiger partial charge on any atom is -0.480 e. The Kier molecular flexibility index (Phi) is 9.65. The van der Waals surface area contributed by atoms with Gasteiger partial charge in [-0.25, -0.2) is 14.6 Å². The number of ether oxygens (including phenoxy) is 1. The maximum Gasteiger partial charge on any atom is 0.407 e. The molecule has 0 radical (unpaired) electrons. The molecule has 53 heavy (non-hydrogen) atoms. The topological polar surface area (TPSA) is 123 Å². The molecule has 2 amide bonds. The molecule has 6 aromatic rings. The summed E-state index contributed by atoms with van der Waals surface area (Å²) in [5.41, 5.74) is 5.24. The van der Waals surface area contributed by atoms with E-state index in [4.69, 9.17) is 4.74 Å². The quantitative estimate of drug-likeness (QED) is 0.116. The van der Waals surface area contributed by atoms with Gasteiger partial charge < -0.3 is 25.0 Å². The van der Waals surface area contributed by atoms with Crippen molar-refractivity contribution in [2.75, 3.05) is 6.61 Å². The minimum atomic E-state index is -1.61. The molecule has 1 heterocycles. The first-order valence-corrected chi connectivity index (χ1v) is 17.6. The second-order valence-electron chi connectivity index (χ2n) is 13.7. The summed E-state index contributed by atoms with van der Waals surface area (Å²) in [4.78, 5) is 44.3. The van der Waals surface area contributed by atoms with Gasteiger partial charge in [0, 0.05) is 24.2 Å². The third-order valence-corrected chi connectivity index (χ3v) is 9.99. The number of alkyl carbamates (subject to hydrolysis) is 1. The number of fused-ring (bicyclic) bond motifs is 3. The smallest absolute Gasteiger partial charge is 0.407 e. The number of hydrogen-bond acceptors (Lipinski definition) is 5. The first-order valence-electron chi connectivity index (χ1n) is 17.6. The second-order valence-corrected chi connectivity index (χ2v) is 13.7. The fraction of sp³-hybridized carbons (Fsp3) is 0.182. The van der Waals surface area contributed by atoms with E-state index >= 15 is 0 Å². The predicted octanol–water partition coefficient (Wildman–Crippen LogP) is 7.15. The highest BCUT2D eigenvalue weighted by atomic mass is 16.5. The number of carboxylic acid groups (broad SMARTS) is 1. The number of aliphatic carboxylic acids is 1. The van der Waals surface area contributed by atoms with Crippen LogP contribution in [0, 0.1) is 0 Å². The zero-order chi connectivity index (χ0) is 37.0. The number of hydrogen-bond donors (Lipinski definition) is 3. The van der Waals surface area contributed by atoms with Gasteiger partial charge in [0.25, 0.3) is 0 Å². The number of carbonyl (C=O) groups excluding carboxylic acids is 2. The van der Waals surface area contributed by atoms with E-state index in [1.54, 1.807) is 12.5 Å². The highest BCUT2D eigenvalue weighted by Crippen LogP contribution is 2.45.